The van der Waals surface area contributed by atoms with Crippen LogP contribution in [-0.4, -0.2) is 33.5 Å². The Morgan fingerprint density at radius 1 is 1.18 bits per heavy atom. The monoisotopic (exact) mass is 396 g/mol. The zero-order valence-electron chi connectivity index (χ0n) is 21.5. The number of hydrogen-bond donors (Lipinski definition) is 3. The molecule has 0 heterocycles. The fraction of sp³-hybridized carbons (Fsp3) is 0.958. The molecule has 0 aromatic carbocycles. The molecule has 4 heteroatoms. The van der Waals surface area contributed by atoms with Crippen molar-refractivity contribution in [2.24, 2.45) is 46.3 Å². The molecule has 0 spiro atoms. The van der Waals surface area contributed by atoms with Crippen molar-refractivity contribution in [1.82, 2.24) is 0 Å². The van der Waals surface area contributed by atoms with Crippen LogP contribution in [0.5, 0.6) is 0 Å². The zero-order chi connectivity index (χ0) is 23.9. The third-order valence-electron chi connectivity index (χ3n) is 9.58. The minimum absolute atomic E-state index is 0.0278. The number of fused-ring (bicyclic) bond motifs is 5. The fourth-order valence-corrected chi connectivity index (χ4v) is 8.03. The van der Waals surface area contributed by atoms with E-state index in [1.54, 1.807) is 0 Å². The Morgan fingerprint density at radius 2 is 1.93 bits per heavy atom. The molecule has 0 aliphatic heterocycles. The minimum atomic E-state index is -1.99. The van der Waals surface area contributed by atoms with Gasteiger partial charge in [-0.25, -0.2) is 0 Å². The molecule has 10 atom stereocenters. The fourth-order valence-electron chi connectivity index (χ4n) is 8.03. The van der Waals surface area contributed by atoms with Crippen LogP contribution in [0.4, 0.5) is 0 Å². The SMILES string of the molecule is [2H]C1([2H])C[C@@]2(C)[C@@H]3C[C@@H](O)[C@@]4(C)C([C@H](C)CCC(=O)O)CC[C@@H]4[C@H]3CC[C@@H]2C([2H])([2H])[C@H]1O. The van der Waals surface area contributed by atoms with Crippen molar-refractivity contribution < 1.29 is 25.6 Å². The Balaban J connectivity index is 1.64. The summed E-state index contributed by atoms with van der Waals surface area (Å²) >= 11 is 0. The minimum Gasteiger partial charge on any atom is -0.481 e. The van der Waals surface area contributed by atoms with Crippen LogP contribution in [0.2, 0.25) is 0 Å². The molecule has 4 saturated carbocycles. The largest absolute Gasteiger partial charge is 0.481 e. The molecule has 160 valence electrons. The molecule has 4 fully saturated rings. The zero-order valence-corrected chi connectivity index (χ0v) is 17.5. The van der Waals surface area contributed by atoms with Gasteiger partial charge in [0.2, 0.25) is 0 Å². The molecule has 4 rings (SSSR count). The van der Waals surface area contributed by atoms with Crippen LogP contribution in [0.25, 0.3) is 0 Å². The summed E-state index contributed by atoms with van der Waals surface area (Å²) in [6.07, 6.45) is -1.31. The van der Waals surface area contributed by atoms with Gasteiger partial charge in [0.15, 0.2) is 0 Å². The van der Waals surface area contributed by atoms with Crippen LogP contribution >= 0.6 is 0 Å². The summed E-state index contributed by atoms with van der Waals surface area (Å²) in [5.41, 5.74) is -0.890. The van der Waals surface area contributed by atoms with E-state index in [1.807, 2.05) is 6.92 Å². The normalized spacial score (nSPS) is 57.4. The number of aliphatic carboxylic acids is 1. The van der Waals surface area contributed by atoms with Crippen molar-refractivity contribution in [2.45, 2.75) is 97.1 Å². The average molecular weight is 397 g/mol. The van der Waals surface area contributed by atoms with Crippen LogP contribution in [0.3, 0.4) is 0 Å². The van der Waals surface area contributed by atoms with E-state index in [2.05, 4.69) is 13.8 Å². The van der Waals surface area contributed by atoms with Crippen LogP contribution < -0.4 is 0 Å². The number of aliphatic hydroxyl groups is 2. The smallest absolute Gasteiger partial charge is 0.303 e. The van der Waals surface area contributed by atoms with Crippen molar-refractivity contribution in [2.75, 3.05) is 0 Å². The van der Waals surface area contributed by atoms with Crippen molar-refractivity contribution in [1.29, 1.82) is 0 Å². The van der Waals surface area contributed by atoms with E-state index in [4.69, 9.17) is 10.6 Å². The second kappa shape index (κ2) is 7.27. The molecule has 0 aromatic heterocycles. The van der Waals surface area contributed by atoms with Gasteiger partial charge in [-0.3, -0.25) is 4.79 Å². The highest BCUT2D eigenvalue weighted by atomic mass is 16.4. The molecule has 0 saturated heterocycles. The van der Waals surface area contributed by atoms with Gasteiger partial charge >= 0.3 is 5.97 Å². The maximum atomic E-state index is 11.5. The predicted molar refractivity (Wildman–Crippen MR) is 109 cm³/mol. The summed E-state index contributed by atoms with van der Waals surface area (Å²) in [4.78, 5) is 11.1. The van der Waals surface area contributed by atoms with E-state index in [0.717, 1.165) is 19.3 Å². The highest BCUT2D eigenvalue weighted by molar-refractivity contribution is 5.66. The number of carbonyl (C=O) groups is 1. The first kappa shape index (κ1) is 16.1. The van der Waals surface area contributed by atoms with Gasteiger partial charge in [0.05, 0.1) is 12.2 Å². The van der Waals surface area contributed by atoms with Crippen molar-refractivity contribution in [3.8, 4) is 0 Å². The van der Waals surface area contributed by atoms with E-state index >= 15 is 0 Å². The van der Waals surface area contributed by atoms with E-state index in [-0.39, 0.29) is 41.9 Å². The van der Waals surface area contributed by atoms with Crippen LogP contribution in [0.1, 0.15) is 90.4 Å². The lowest BCUT2D eigenvalue weighted by atomic mass is 9.43. The maximum absolute atomic E-state index is 11.5. The molecular formula is C24H40O4. The van der Waals surface area contributed by atoms with Crippen molar-refractivity contribution in [3.05, 3.63) is 0 Å². The van der Waals surface area contributed by atoms with E-state index in [9.17, 15) is 15.0 Å². The highest BCUT2D eigenvalue weighted by Crippen LogP contribution is 2.68. The molecule has 4 aliphatic rings. The third kappa shape index (κ3) is 3.05. The second-order valence-corrected chi connectivity index (χ2v) is 10.7. The van der Waals surface area contributed by atoms with E-state index in [1.165, 1.54) is 0 Å². The lowest BCUT2D eigenvalue weighted by Gasteiger charge is -2.62. The number of carboxylic acid groups (broad SMARTS) is 1. The Morgan fingerprint density at radius 3 is 2.64 bits per heavy atom. The lowest BCUT2D eigenvalue weighted by molar-refractivity contribution is -0.175. The second-order valence-electron chi connectivity index (χ2n) is 10.7. The Hall–Kier alpha value is -0.610. The summed E-state index contributed by atoms with van der Waals surface area (Å²) in [5.74, 6) is -0.0989. The predicted octanol–water partition coefficient (Wildman–Crippen LogP) is 4.48. The van der Waals surface area contributed by atoms with E-state index < -0.39 is 42.3 Å². The van der Waals surface area contributed by atoms with Gasteiger partial charge in [-0.15, -0.1) is 0 Å². The molecule has 4 aliphatic carbocycles. The summed E-state index contributed by atoms with van der Waals surface area (Å²) < 4.78 is 34.1. The summed E-state index contributed by atoms with van der Waals surface area (Å²) in [7, 11) is 0. The first-order valence-corrected chi connectivity index (χ1v) is 11.2. The highest BCUT2D eigenvalue weighted by Gasteiger charge is 2.63. The summed E-state index contributed by atoms with van der Waals surface area (Å²) in [6, 6.07) is 0. The first-order chi connectivity index (χ1) is 14.7. The molecule has 0 bridgehead atoms. The molecular weight excluding hydrogens is 352 g/mol. The Labute approximate surface area is 175 Å². The van der Waals surface area contributed by atoms with Crippen molar-refractivity contribution in [3.63, 3.8) is 0 Å². The van der Waals surface area contributed by atoms with Gasteiger partial charge < -0.3 is 15.3 Å². The third-order valence-corrected chi connectivity index (χ3v) is 9.58. The maximum Gasteiger partial charge on any atom is 0.303 e. The molecule has 28 heavy (non-hydrogen) atoms. The molecule has 4 nitrogen and oxygen atoms in total. The Bertz CT molecular complexity index is 760. The summed E-state index contributed by atoms with van der Waals surface area (Å²) in [6.45, 7) is 6.31. The number of aliphatic hydroxyl groups excluding tert-OH is 2. The van der Waals surface area contributed by atoms with Crippen molar-refractivity contribution >= 4 is 5.97 Å². The first-order valence-electron chi connectivity index (χ1n) is 13.2. The molecule has 3 N–H and O–H groups in total. The number of rotatable bonds is 4. The van der Waals surface area contributed by atoms with Gasteiger partial charge in [-0.2, -0.15) is 0 Å². The van der Waals surface area contributed by atoms with Gasteiger partial charge in [-0.05, 0) is 104 Å². The molecule has 0 amide bonds. The lowest BCUT2D eigenvalue weighted by Crippen LogP contribution is -2.58. The van der Waals surface area contributed by atoms with Gasteiger partial charge in [0.1, 0.15) is 0 Å². The van der Waals surface area contributed by atoms with Crippen LogP contribution in [-0.2, 0) is 4.79 Å². The molecule has 1 unspecified atom stereocenters. The van der Waals surface area contributed by atoms with Gasteiger partial charge in [0, 0.05) is 11.9 Å². The van der Waals surface area contributed by atoms with Crippen LogP contribution in [0.15, 0.2) is 0 Å². The number of hydrogen-bond acceptors (Lipinski definition) is 3. The van der Waals surface area contributed by atoms with E-state index in [0.29, 0.717) is 25.2 Å². The molecule has 0 aromatic rings. The molecule has 0 radical (unpaired) electrons. The van der Waals surface area contributed by atoms with Gasteiger partial charge in [-0.1, -0.05) is 20.8 Å². The topological polar surface area (TPSA) is 77.8 Å². The van der Waals surface area contributed by atoms with Crippen LogP contribution in [0, 0.1) is 46.3 Å². The Kier molecular flexibility index (Phi) is 4.19. The summed E-state index contributed by atoms with van der Waals surface area (Å²) in [5, 5.41) is 31.2. The standard InChI is InChI=1S/C24H40O4/c1-14(4-9-22(27)28)18-7-8-19-17-6-5-15-12-16(25)10-11-23(15,2)20(17)13-21(26)24(18,19)3/h14-21,25-26H,4-13H2,1-3H3,(H,27,28)/t14-,15-,16+,17-,18?,19-,20-,21-,23-,24+/m1/s1/i10D2,12D2. The van der Waals surface area contributed by atoms with Gasteiger partial charge in [0.25, 0.3) is 0 Å². The average Bonchev–Trinajstić information content (AvgIpc) is 3.04. The number of carboxylic acids is 1. The quantitative estimate of drug-likeness (QED) is 0.655.